The first-order valence-electron chi connectivity index (χ1n) is 12.2. The van der Waals surface area contributed by atoms with Crippen LogP contribution in [0.5, 0.6) is 0 Å². The molecule has 170 valence electrons. The Hall–Kier alpha value is -1.93. The lowest BCUT2D eigenvalue weighted by Gasteiger charge is -2.37. The van der Waals surface area contributed by atoms with E-state index in [1.165, 1.54) is 25.7 Å². The molecule has 1 aromatic rings. The van der Waals surface area contributed by atoms with Gasteiger partial charge in [-0.3, -0.25) is 9.69 Å². The van der Waals surface area contributed by atoms with Gasteiger partial charge in [0.2, 0.25) is 5.91 Å². The molecule has 1 aromatic heterocycles. The lowest BCUT2D eigenvalue weighted by atomic mass is 10.1. The normalized spacial score (nSPS) is 26.1. The average Bonchev–Trinajstić information content (AvgIpc) is 3.54. The molecule has 0 spiro atoms. The average molecular weight is 429 g/mol. The molecular formula is C23H36N6O2. The lowest BCUT2D eigenvalue weighted by molar-refractivity contribution is -0.135. The largest absolute Gasteiger partial charge is 0.377 e. The number of hydrogen-bond acceptors (Lipinski definition) is 7. The lowest BCUT2D eigenvalue weighted by Crippen LogP contribution is -2.50. The van der Waals surface area contributed by atoms with Crippen molar-refractivity contribution in [3.63, 3.8) is 0 Å². The van der Waals surface area contributed by atoms with Crippen molar-refractivity contribution >= 4 is 17.5 Å². The Morgan fingerprint density at radius 1 is 0.839 bits per heavy atom. The Balaban J connectivity index is 1.08. The molecule has 0 N–H and O–H groups in total. The van der Waals surface area contributed by atoms with E-state index in [1.54, 1.807) is 0 Å². The van der Waals surface area contributed by atoms with Gasteiger partial charge >= 0.3 is 0 Å². The molecule has 0 radical (unpaired) electrons. The van der Waals surface area contributed by atoms with Crippen molar-refractivity contribution in [2.45, 2.75) is 44.6 Å². The summed E-state index contributed by atoms with van der Waals surface area (Å²) >= 11 is 0. The minimum Gasteiger partial charge on any atom is -0.377 e. The zero-order valence-electron chi connectivity index (χ0n) is 18.6. The predicted molar refractivity (Wildman–Crippen MR) is 120 cm³/mol. The van der Waals surface area contributed by atoms with E-state index in [2.05, 4.69) is 41.9 Å². The molecule has 4 heterocycles. The highest BCUT2D eigenvalue weighted by Crippen LogP contribution is 2.27. The smallest absolute Gasteiger partial charge is 0.225 e. The van der Waals surface area contributed by atoms with E-state index in [4.69, 9.17) is 4.74 Å². The van der Waals surface area contributed by atoms with E-state index in [-0.39, 0.29) is 5.92 Å². The van der Waals surface area contributed by atoms with Crippen molar-refractivity contribution in [3.05, 3.63) is 12.1 Å². The highest BCUT2D eigenvalue weighted by Gasteiger charge is 2.30. The number of carbonyl (C=O) groups excluding carboxylic acids is 1. The SMILES string of the molecule is O=C(C1CCCC1)N1CCN(c2ccc(N3CCN(CC4CCCO4)CC3)nn2)CC1. The second-order valence-electron chi connectivity index (χ2n) is 9.47. The summed E-state index contributed by atoms with van der Waals surface area (Å²) in [5.41, 5.74) is 0. The summed E-state index contributed by atoms with van der Waals surface area (Å²) in [4.78, 5) is 21.8. The third-order valence-electron chi connectivity index (χ3n) is 7.44. The maximum absolute atomic E-state index is 12.6. The molecule has 8 heteroatoms. The molecule has 1 unspecified atom stereocenters. The van der Waals surface area contributed by atoms with Crippen molar-refractivity contribution in [1.29, 1.82) is 0 Å². The summed E-state index contributed by atoms with van der Waals surface area (Å²) in [5.74, 6) is 2.54. The van der Waals surface area contributed by atoms with Crippen LogP contribution in [0.25, 0.3) is 0 Å². The maximum Gasteiger partial charge on any atom is 0.225 e. The van der Waals surface area contributed by atoms with Crippen LogP contribution in [0.15, 0.2) is 12.1 Å². The van der Waals surface area contributed by atoms with Crippen LogP contribution in [0.2, 0.25) is 0 Å². The molecule has 31 heavy (non-hydrogen) atoms. The summed E-state index contributed by atoms with van der Waals surface area (Å²) in [6.07, 6.45) is 7.42. The second-order valence-corrected chi connectivity index (χ2v) is 9.47. The molecule has 1 amide bonds. The van der Waals surface area contributed by atoms with Crippen LogP contribution in [-0.2, 0) is 9.53 Å². The van der Waals surface area contributed by atoms with Gasteiger partial charge in [0, 0.05) is 71.4 Å². The van der Waals surface area contributed by atoms with Crippen LogP contribution in [0.4, 0.5) is 11.6 Å². The number of nitrogens with zero attached hydrogens (tertiary/aromatic N) is 6. The number of piperazine rings is 2. The van der Waals surface area contributed by atoms with Gasteiger partial charge in [-0.25, -0.2) is 0 Å². The van der Waals surface area contributed by atoms with Crippen molar-refractivity contribution in [2.75, 3.05) is 75.3 Å². The first-order valence-corrected chi connectivity index (χ1v) is 12.2. The van der Waals surface area contributed by atoms with Crippen LogP contribution in [0.1, 0.15) is 38.5 Å². The standard InChI is InChI=1S/C23H36N6O2/c30-23(19-4-1-2-5-19)29-15-13-28(14-16-29)22-8-7-21(24-25-22)27-11-9-26(10-12-27)18-20-6-3-17-31-20/h7-8,19-20H,1-6,9-18H2. The minimum absolute atomic E-state index is 0.275. The van der Waals surface area contributed by atoms with Crippen LogP contribution in [0, 0.1) is 5.92 Å². The highest BCUT2D eigenvalue weighted by molar-refractivity contribution is 5.79. The summed E-state index contributed by atoms with van der Waals surface area (Å²) in [5, 5.41) is 9.06. The Kier molecular flexibility index (Phi) is 6.55. The van der Waals surface area contributed by atoms with Gasteiger partial charge in [-0.1, -0.05) is 12.8 Å². The highest BCUT2D eigenvalue weighted by atomic mass is 16.5. The molecule has 5 rings (SSSR count). The van der Waals surface area contributed by atoms with Crippen LogP contribution >= 0.6 is 0 Å². The van der Waals surface area contributed by atoms with E-state index >= 15 is 0 Å². The predicted octanol–water partition coefficient (Wildman–Crippen LogP) is 1.62. The second kappa shape index (κ2) is 9.69. The number of rotatable bonds is 5. The van der Waals surface area contributed by atoms with E-state index in [0.717, 1.165) is 90.0 Å². The van der Waals surface area contributed by atoms with E-state index in [9.17, 15) is 4.79 Å². The van der Waals surface area contributed by atoms with Gasteiger partial charge in [-0.15, -0.1) is 10.2 Å². The van der Waals surface area contributed by atoms with Crippen molar-refractivity contribution in [2.24, 2.45) is 5.92 Å². The van der Waals surface area contributed by atoms with Gasteiger partial charge in [0.25, 0.3) is 0 Å². The number of hydrogen-bond donors (Lipinski definition) is 0. The monoisotopic (exact) mass is 428 g/mol. The van der Waals surface area contributed by atoms with Crippen molar-refractivity contribution in [3.8, 4) is 0 Å². The zero-order valence-corrected chi connectivity index (χ0v) is 18.6. The summed E-state index contributed by atoms with van der Waals surface area (Å²) in [6, 6.07) is 4.20. The van der Waals surface area contributed by atoms with Gasteiger partial charge in [0.1, 0.15) is 0 Å². The summed E-state index contributed by atoms with van der Waals surface area (Å²) in [7, 11) is 0. The fourth-order valence-corrected chi connectivity index (χ4v) is 5.48. The molecule has 0 aromatic carbocycles. The zero-order chi connectivity index (χ0) is 21.0. The third-order valence-corrected chi connectivity index (χ3v) is 7.44. The summed E-state index contributed by atoms with van der Waals surface area (Å²) in [6.45, 7) is 9.36. The summed E-state index contributed by atoms with van der Waals surface area (Å²) < 4.78 is 5.78. The fourth-order valence-electron chi connectivity index (χ4n) is 5.48. The molecule has 1 saturated carbocycles. The van der Waals surface area contributed by atoms with Gasteiger partial charge < -0.3 is 19.4 Å². The molecule has 1 aliphatic carbocycles. The maximum atomic E-state index is 12.6. The molecule has 3 saturated heterocycles. The van der Waals surface area contributed by atoms with E-state index in [0.29, 0.717) is 12.0 Å². The van der Waals surface area contributed by atoms with Crippen molar-refractivity contribution in [1.82, 2.24) is 20.0 Å². The third kappa shape index (κ3) is 4.95. The first kappa shape index (κ1) is 20.9. The quantitative estimate of drug-likeness (QED) is 0.706. The number of ether oxygens (including phenoxy) is 1. The topological polar surface area (TPSA) is 65.0 Å². The number of amides is 1. The van der Waals surface area contributed by atoms with E-state index < -0.39 is 0 Å². The Morgan fingerprint density at radius 3 is 2.00 bits per heavy atom. The molecule has 8 nitrogen and oxygen atoms in total. The number of aromatic nitrogens is 2. The van der Waals surface area contributed by atoms with Gasteiger partial charge in [-0.2, -0.15) is 0 Å². The number of anilines is 2. The molecular weight excluding hydrogens is 392 g/mol. The number of carbonyl (C=O) groups is 1. The van der Waals surface area contributed by atoms with Crippen LogP contribution < -0.4 is 9.80 Å². The first-order chi connectivity index (χ1) is 15.3. The van der Waals surface area contributed by atoms with Gasteiger partial charge in [0.05, 0.1) is 6.10 Å². The Morgan fingerprint density at radius 2 is 1.45 bits per heavy atom. The van der Waals surface area contributed by atoms with Gasteiger partial charge in [0.15, 0.2) is 11.6 Å². The van der Waals surface area contributed by atoms with Crippen LogP contribution in [-0.4, -0.2) is 97.5 Å². The van der Waals surface area contributed by atoms with Gasteiger partial charge in [-0.05, 0) is 37.8 Å². The molecule has 3 aliphatic heterocycles. The molecule has 4 fully saturated rings. The molecule has 1 atom stereocenters. The Bertz CT molecular complexity index is 716. The minimum atomic E-state index is 0.275. The Labute approximate surface area is 185 Å². The molecule has 4 aliphatic rings. The van der Waals surface area contributed by atoms with E-state index in [1.807, 2.05) is 0 Å². The molecule has 0 bridgehead atoms. The van der Waals surface area contributed by atoms with Crippen molar-refractivity contribution < 1.29 is 9.53 Å². The van der Waals surface area contributed by atoms with Crippen LogP contribution in [0.3, 0.4) is 0 Å². The fraction of sp³-hybridized carbons (Fsp3) is 0.783.